The number of pyridine rings is 1. The Balaban J connectivity index is 1.65. The minimum atomic E-state index is 0.360. The highest BCUT2D eigenvalue weighted by Gasteiger charge is 2.25. The topological polar surface area (TPSA) is 94.4 Å². The van der Waals surface area contributed by atoms with Crippen molar-refractivity contribution in [3.63, 3.8) is 0 Å². The second-order valence-corrected chi connectivity index (χ2v) is 7.18. The molecule has 4 aromatic rings. The molecule has 150 valence electrons. The largest absolute Gasteiger partial charge is 0.377 e. The molecule has 0 fully saturated rings. The van der Waals surface area contributed by atoms with Gasteiger partial charge in [-0.1, -0.05) is 11.6 Å². The fraction of sp³-hybridized carbons (Fsp3) is 0.174. The van der Waals surface area contributed by atoms with Crippen LogP contribution in [0.1, 0.15) is 34.0 Å². The molecule has 0 aliphatic carbocycles. The zero-order valence-corrected chi connectivity index (χ0v) is 17.0. The molecule has 0 unspecified atom stereocenters. The lowest BCUT2D eigenvalue weighted by atomic mass is 10.1. The monoisotopic (exact) mass is 407 g/mol. The molecule has 0 N–H and O–H groups in total. The third-order valence-corrected chi connectivity index (χ3v) is 5.13. The van der Waals surface area contributed by atoms with Gasteiger partial charge in [0.2, 0.25) is 0 Å². The molecule has 0 radical (unpaired) electrons. The molecule has 0 saturated heterocycles. The van der Waals surface area contributed by atoms with Gasteiger partial charge in [0, 0.05) is 18.9 Å². The average molecular weight is 407 g/mol. The maximum absolute atomic E-state index is 8.93. The first-order chi connectivity index (χ1) is 15.2. The normalized spacial score (nSPS) is 11.4. The van der Waals surface area contributed by atoms with E-state index in [1.807, 2.05) is 4.57 Å². The predicted octanol–water partition coefficient (Wildman–Crippen LogP) is 2.61. The highest BCUT2D eigenvalue weighted by molar-refractivity contribution is 5.70. The summed E-state index contributed by atoms with van der Waals surface area (Å²) in [5.74, 6) is 7.72. The van der Waals surface area contributed by atoms with Crippen LogP contribution in [0.2, 0.25) is 0 Å². The number of rotatable bonds is 2. The lowest BCUT2D eigenvalue weighted by Gasteiger charge is -2.08. The van der Waals surface area contributed by atoms with Crippen LogP contribution in [0.5, 0.6) is 0 Å². The molecule has 0 amide bonds. The molecule has 0 atom stereocenters. The lowest BCUT2D eigenvalue weighted by molar-refractivity contribution is 0.174. The van der Waals surface area contributed by atoms with E-state index in [4.69, 9.17) is 10.00 Å². The summed E-state index contributed by atoms with van der Waals surface area (Å²) >= 11 is 0. The van der Waals surface area contributed by atoms with E-state index >= 15 is 0 Å². The molecular weight excluding hydrogens is 390 g/mol. The van der Waals surface area contributed by atoms with Crippen molar-refractivity contribution < 1.29 is 4.74 Å². The van der Waals surface area contributed by atoms with E-state index in [1.165, 1.54) is 6.20 Å². The number of aromatic nitrogens is 6. The van der Waals surface area contributed by atoms with Gasteiger partial charge in [0.05, 0.1) is 23.5 Å². The van der Waals surface area contributed by atoms with Crippen LogP contribution < -0.4 is 0 Å². The van der Waals surface area contributed by atoms with E-state index in [0.29, 0.717) is 30.1 Å². The maximum atomic E-state index is 8.93. The third kappa shape index (κ3) is 3.25. The summed E-state index contributed by atoms with van der Waals surface area (Å²) in [6, 6.07) is 11.7. The van der Waals surface area contributed by atoms with Crippen LogP contribution in [-0.2, 0) is 17.9 Å². The van der Waals surface area contributed by atoms with Gasteiger partial charge in [-0.25, -0.2) is 9.97 Å². The highest BCUT2D eigenvalue weighted by Crippen LogP contribution is 2.33. The van der Waals surface area contributed by atoms with Crippen molar-refractivity contribution in [1.82, 2.24) is 29.3 Å². The Morgan fingerprint density at radius 3 is 2.81 bits per heavy atom. The summed E-state index contributed by atoms with van der Waals surface area (Å²) in [5, 5.41) is 17.7. The van der Waals surface area contributed by atoms with Crippen LogP contribution in [0, 0.1) is 30.1 Å². The molecule has 0 saturated carbocycles. The van der Waals surface area contributed by atoms with Crippen molar-refractivity contribution in [2.24, 2.45) is 0 Å². The zero-order valence-electron chi connectivity index (χ0n) is 17.0. The van der Waals surface area contributed by atoms with Crippen LogP contribution in [0.4, 0.5) is 0 Å². The second-order valence-electron chi connectivity index (χ2n) is 7.18. The summed E-state index contributed by atoms with van der Waals surface area (Å²) in [5.41, 5.74) is 5.77. The minimum Gasteiger partial charge on any atom is -0.377 e. The van der Waals surface area contributed by atoms with E-state index in [-0.39, 0.29) is 0 Å². The number of nitrogens with zero attached hydrogens (tertiary/aromatic N) is 7. The number of hydrogen-bond acceptors (Lipinski definition) is 6. The first kappa shape index (κ1) is 18.7. The van der Waals surface area contributed by atoms with Crippen molar-refractivity contribution in [3.05, 3.63) is 76.9 Å². The molecule has 8 nitrogen and oxygen atoms in total. The van der Waals surface area contributed by atoms with Crippen molar-refractivity contribution >= 4 is 0 Å². The van der Waals surface area contributed by atoms with Crippen molar-refractivity contribution in [2.45, 2.75) is 20.1 Å². The van der Waals surface area contributed by atoms with E-state index in [0.717, 1.165) is 34.2 Å². The van der Waals surface area contributed by atoms with Gasteiger partial charge in [0.25, 0.3) is 0 Å². The number of hydrogen-bond donors (Lipinski definition) is 0. The number of benzene rings is 1. The van der Waals surface area contributed by atoms with Gasteiger partial charge in [0.15, 0.2) is 11.6 Å². The standard InChI is InChI=1S/C23H17N7O/c1-15-3-8-20-18(9-15)23-28-27-22(13-31-2)29(23)12-21-19(26-14-30(20)21)7-6-17-5-4-16(10-24)11-25-17/h3-5,8-9,11,14H,12-13H2,1-2H3. The van der Waals surface area contributed by atoms with Crippen LogP contribution in [-0.4, -0.2) is 36.4 Å². The first-order valence-electron chi connectivity index (χ1n) is 9.64. The van der Waals surface area contributed by atoms with Crippen LogP contribution in [0.3, 0.4) is 0 Å². The van der Waals surface area contributed by atoms with Crippen molar-refractivity contribution in [3.8, 4) is 35.0 Å². The number of nitriles is 1. The van der Waals surface area contributed by atoms with Crippen LogP contribution in [0.25, 0.3) is 17.1 Å². The fourth-order valence-electron chi connectivity index (χ4n) is 3.62. The maximum Gasteiger partial charge on any atom is 0.166 e. The third-order valence-electron chi connectivity index (χ3n) is 5.13. The second kappa shape index (κ2) is 7.52. The Labute approximate surface area is 178 Å². The molecule has 8 heteroatoms. The minimum absolute atomic E-state index is 0.360. The number of methoxy groups -OCH3 is 1. The van der Waals surface area contributed by atoms with Crippen molar-refractivity contribution in [2.75, 3.05) is 7.11 Å². The molecule has 3 aromatic heterocycles. The Kier molecular flexibility index (Phi) is 4.55. The lowest BCUT2D eigenvalue weighted by Crippen LogP contribution is -2.09. The predicted molar refractivity (Wildman–Crippen MR) is 112 cm³/mol. The van der Waals surface area contributed by atoms with E-state index in [9.17, 15) is 0 Å². The molecule has 4 heterocycles. The Morgan fingerprint density at radius 2 is 2.03 bits per heavy atom. The number of ether oxygens (including phenoxy) is 1. The summed E-state index contributed by atoms with van der Waals surface area (Å²) in [6.07, 6.45) is 3.30. The Hall–Kier alpha value is -4.27. The molecule has 1 aliphatic heterocycles. The number of imidazole rings is 1. The highest BCUT2D eigenvalue weighted by atomic mass is 16.5. The van der Waals surface area contributed by atoms with Gasteiger partial charge in [-0.05, 0) is 43.0 Å². The molecule has 0 bridgehead atoms. The zero-order chi connectivity index (χ0) is 21.4. The van der Waals surface area contributed by atoms with E-state index < -0.39 is 0 Å². The Morgan fingerprint density at radius 1 is 1.13 bits per heavy atom. The van der Waals surface area contributed by atoms with E-state index in [1.54, 1.807) is 25.6 Å². The summed E-state index contributed by atoms with van der Waals surface area (Å²) in [4.78, 5) is 8.79. The molecule has 1 aromatic carbocycles. The smallest absolute Gasteiger partial charge is 0.166 e. The summed E-state index contributed by atoms with van der Waals surface area (Å²) < 4.78 is 9.42. The van der Waals surface area contributed by atoms with Gasteiger partial charge in [-0.15, -0.1) is 10.2 Å². The summed E-state index contributed by atoms with van der Waals surface area (Å²) in [7, 11) is 1.64. The van der Waals surface area contributed by atoms with Gasteiger partial charge in [0.1, 0.15) is 30.4 Å². The summed E-state index contributed by atoms with van der Waals surface area (Å²) in [6.45, 7) is 2.93. The van der Waals surface area contributed by atoms with Crippen LogP contribution in [0.15, 0.2) is 42.9 Å². The number of aryl methyl sites for hydroxylation is 1. The van der Waals surface area contributed by atoms with Crippen molar-refractivity contribution in [1.29, 1.82) is 5.26 Å². The first-order valence-corrected chi connectivity index (χ1v) is 9.64. The molecule has 5 rings (SSSR count). The number of fused-ring (bicyclic) bond motifs is 5. The molecule has 1 aliphatic rings. The average Bonchev–Trinajstić information content (AvgIpc) is 3.34. The van der Waals surface area contributed by atoms with Gasteiger partial charge < -0.3 is 9.30 Å². The molecule has 31 heavy (non-hydrogen) atoms. The van der Waals surface area contributed by atoms with Crippen LogP contribution >= 0.6 is 0 Å². The molecule has 0 spiro atoms. The quantitative estimate of drug-likeness (QED) is 0.418. The van der Waals surface area contributed by atoms with Gasteiger partial charge in [-0.2, -0.15) is 5.26 Å². The fourth-order valence-corrected chi connectivity index (χ4v) is 3.62. The SMILES string of the molecule is COCc1nnc2n1Cc1c(C#Cc3ccc(C#N)cn3)ncn1-c1ccc(C)cc1-2. The Bertz CT molecular complexity index is 1390. The van der Waals surface area contributed by atoms with Gasteiger partial charge in [-0.3, -0.25) is 4.57 Å². The molecular formula is C23H17N7O. The van der Waals surface area contributed by atoms with E-state index in [2.05, 4.69) is 67.8 Å². The van der Waals surface area contributed by atoms with Gasteiger partial charge >= 0.3 is 0 Å².